The molecule has 0 saturated heterocycles. The maximum atomic E-state index is 13.6. The van der Waals surface area contributed by atoms with Crippen LogP contribution < -0.4 is 0 Å². The number of carbonyl (C=O) groups excluding carboxylic acids is 3. The number of hydrogen-bond acceptors (Lipinski definition) is 6. The molecule has 23 heavy (non-hydrogen) atoms. The number of halogens is 2. The molecule has 0 amide bonds. The predicted molar refractivity (Wildman–Crippen MR) is 73.5 cm³/mol. The van der Waals surface area contributed by atoms with E-state index in [9.17, 15) is 28.3 Å². The van der Waals surface area contributed by atoms with Crippen molar-refractivity contribution in [1.29, 1.82) is 0 Å². The van der Waals surface area contributed by atoms with Gasteiger partial charge < -0.3 is 14.6 Å². The van der Waals surface area contributed by atoms with Gasteiger partial charge in [0.2, 0.25) is 0 Å². The van der Waals surface area contributed by atoms with Gasteiger partial charge in [-0.3, -0.25) is 4.79 Å². The molecule has 126 valence electrons. The largest absolute Gasteiger partial charge is 0.463 e. The molecule has 0 heterocycles. The summed E-state index contributed by atoms with van der Waals surface area (Å²) in [7, 11) is 0. The Morgan fingerprint density at radius 3 is 2.09 bits per heavy atom. The lowest BCUT2D eigenvalue weighted by atomic mass is 9.93. The number of hydrogen-bond donors (Lipinski definition) is 1. The fraction of sp³-hybridized carbons (Fsp3) is 0.400. The second-order valence-corrected chi connectivity index (χ2v) is 4.50. The molecule has 6 nitrogen and oxygen atoms in total. The summed E-state index contributed by atoms with van der Waals surface area (Å²) in [4.78, 5) is 35.7. The van der Waals surface area contributed by atoms with E-state index in [1.54, 1.807) is 0 Å². The van der Waals surface area contributed by atoms with Crippen LogP contribution in [-0.2, 0) is 19.1 Å². The van der Waals surface area contributed by atoms with Crippen LogP contribution in [0.3, 0.4) is 0 Å². The van der Waals surface area contributed by atoms with Crippen molar-refractivity contribution in [2.45, 2.75) is 25.9 Å². The summed E-state index contributed by atoms with van der Waals surface area (Å²) in [5, 5.41) is 10.2. The molecule has 0 aromatic heterocycles. The number of aliphatic hydroxyl groups is 1. The van der Waals surface area contributed by atoms with Crippen LogP contribution in [0, 0.1) is 11.6 Å². The maximum Gasteiger partial charge on any atom is 0.350 e. The van der Waals surface area contributed by atoms with Crippen LogP contribution in [0.1, 0.15) is 30.6 Å². The van der Waals surface area contributed by atoms with Crippen LogP contribution in [-0.4, -0.2) is 41.6 Å². The summed E-state index contributed by atoms with van der Waals surface area (Å²) < 4.78 is 35.9. The van der Waals surface area contributed by atoms with Crippen LogP contribution in [0.25, 0.3) is 0 Å². The Labute approximate surface area is 131 Å². The van der Waals surface area contributed by atoms with Crippen LogP contribution in [0.15, 0.2) is 18.2 Å². The number of ketones is 1. The molecular weight excluding hydrogens is 314 g/mol. The van der Waals surface area contributed by atoms with Crippen molar-refractivity contribution in [3.8, 4) is 0 Å². The van der Waals surface area contributed by atoms with Crippen LogP contribution >= 0.6 is 0 Å². The Morgan fingerprint density at radius 1 is 1.09 bits per heavy atom. The molecule has 8 heteroatoms. The molecule has 0 bridgehead atoms. The van der Waals surface area contributed by atoms with Crippen LogP contribution in [0.4, 0.5) is 8.78 Å². The average Bonchev–Trinajstić information content (AvgIpc) is 2.50. The smallest absolute Gasteiger partial charge is 0.350 e. The first-order valence-electron chi connectivity index (χ1n) is 6.81. The predicted octanol–water partition coefficient (Wildman–Crippen LogP) is 1.39. The lowest BCUT2D eigenvalue weighted by Gasteiger charge is -2.23. The SMILES string of the molecule is CCOC(=O)C(O)(CC(=O)c1cccc(F)c1F)C(=O)OCC. The first-order chi connectivity index (χ1) is 10.8. The summed E-state index contributed by atoms with van der Waals surface area (Å²) in [6.07, 6.45) is -1.13. The third kappa shape index (κ3) is 4.10. The van der Waals surface area contributed by atoms with Gasteiger partial charge in [0.15, 0.2) is 17.4 Å². The van der Waals surface area contributed by atoms with Gasteiger partial charge in [0.25, 0.3) is 5.60 Å². The topological polar surface area (TPSA) is 89.9 Å². The van der Waals surface area contributed by atoms with Gasteiger partial charge in [-0.15, -0.1) is 0 Å². The molecule has 0 aliphatic rings. The molecule has 0 aliphatic heterocycles. The number of rotatable bonds is 7. The van der Waals surface area contributed by atoms with E-state index < -0.39 is 46.9 Å². The highest BCUT2D eigenvalue weighted by Crippen LogP contribution is 2.21. The molecule has 1 aromatic carbocycles. The molecule has 0 unspecified atom stereocenters. The zero-order valence-corrected chi connectivity index (χ0v) is 12.6. The highest BCUT2D eigenvalue weighted by Gasteiger charge is 2.49. The van der Waals surface area contributed by atoms with Gasteiger partial charge in [0.05, 0.1) is 25.2 Å². The fourth-order valence-corrected chi connectivity index (χ4v) is 1.78. The Morgan fingerprint density at radius 2 is 1.61 bits per heavy atom. The monoisotopic (exact) mass is 330 g/mol. The van der Waals surface area contributed by atoms with Crippen LogP contribution in [0.5, 0.6) is 0 Å². The van der Waals surface area contributed by atoms with Crippen molar-refractivity contribution >= 4 is 17.7 Å². The first-order valence-corrected chi connectivity index (χ1v) is 6.81. The van der Waals surface area contributed by atoms with Crippen molar-refractivity contribution in [3.63, 3.8) is 0 Å². The molecule has 0 spiro atoms. The highest BCUT2D eigenvalue weighted by atomic mass is 19.2. The molecule has 1 aromatic rings. The van der Waals surface area contributed by atoms with Gasteiger partial charge in [-0.05, 0) is 26.0 Å². The van der Waals surface area contributed by atoms with E-state index in [1.807, 2.05) is 0 Å². The van der Waals surface area contributed by atoms with E-state index in [-0.39, 0.29) is 13.2 Å². The molecule has 1 N–H and O–H groups in total. The number of Topliss-reactive ketones (excluding diaryl/α,β-unsaturated/α-hetero) is 1. The number of carbonyl (C=O) groups is 3. The van der Waals surface area contributed by atoms with Crippen molar-refractivity contribution in [1.82, 2.24) is 0 Å². The summed E-state index contributed by atoms with van der Waals surface area (Å²) in [6.45, 7) is 2.53. The zero-order chi connectivity index (χ0) is 17.6. The maximum absolute atomic E-state index is 13.6. The minimum absolute atomic E-state index is 0.164. The van der Waals surface area contributed by atoms with Crippen molar-refractivity contribution in [2.24, 2.45) is 0 Å². The quantitative estimate of drug-likeness (QED) is 0.462. The summed E-state index contributed by atoms with van der Waals surface area (Å²) in [5.41, 5.74) is -3.63. The Kier molecular flexibility index (Phi) is 6.32. The van der Waals surface area contributed by atoms with Crippen molar-refractivity contribution < 1.29 is 37.7 Å². The first kappa shape index (κ1) is 18.7. The van der Waals surface area contributed by atoms with E-state index in [4.69, 9.17) is 0 Å². The summed E-state index contributed by atoms with van der Waals surface area (Å²) >= 11 is 0. The number of esters is 2. The lowest BCUT2D eigenvalue weighted by molar-refractivity contribution is -0.182. The van der Waals surface area contributed by atoms with Gasteiger partial charge >= 0.3 is 11.9 Å². The van der Waals surface area contributed by atoms with Crippen molar-refractivity contribution in [3.05, 3.63) is 35.4 Å². The lowest BCUT2D eigenvalue weighted by Crippen LogP contribution is -2.50. The minimum atomic E-state index is -2.93. The Hall–Kier alpha value is -2.35. The number of ether oxygens (including phenoxy) is 2. The second-order valence-electron chi connectivity index (χ2n) is 4.50. The van der Waals surface area contributed by atoms with E-state index in [1.165, 1.54) is 13.8 Å². The summed E-state index contributed by atoms with van der Waals surface area (Å²) in [6, 6.07) is 2.85. The van der Waals surface area contributed by atoms with Gasteiger partial charge in [-0.1, -0.05) is 6.07 Å². The van der Waals surface area contributed by atoms with E-state index in [2.05, 4.69) is 9.47 Å². The minimum Gasteiger partial charge on any atom is -0.463 e. The van der Waals surface area contributed by atoms with Crippen LogP contribution in [0.2, 0.25) is 0 Å². The molecule has 1 rings (SSSR count). The molecule has 0 radical (unpaired) electrons. The van der Waals surface area contributed by atoms with E-state index in [0.29, 0.717) is 0 Å². The highest BCUT2D eigenvalue weighted by molar-refractivity contribution is 6.10. The Bertz CT molecular complexity index is 596. The normalized spacial score (nSPS) is 11.0. The number of benzene rings is 1. The van der Waals surface area contributed by atoms with Gasteiger partial charge in [0, 0.05) is 0 Å². The fourth-order valence-electron chi connectivity index (χ4n) is 1.78. The third-order valence-corrected chi connectivity index (χ3v) is 2.89. The van der Waals surface area contributed by atoms with E-state index >= 15 is 0 Å². The molecule has 0 aliphatic carbocycles. The summed E-state index contributed by atoms with van der Waals surface area (Å²) in [5.74, 6) is -6.66. The second kappa shape index (κ2) is 7.77. The molecule has 0 fully saturated rings. The standard InChI is InChI=1S/C15H16F2O6/c1-3-22-13(19)15(21,14(20)23-4-2)8-11(18)9-6-5-7-10(16)12(9)17/h5-7,21H,3-4,8H2,1-2H3. The van der Waals surface area contributed by atoms with Gasteiger partial charge in [-0.2, -0.15) is 0 Å². The van der Waals surface area contributed by atoms with Gasteiger partial charge in [-0.25, -0.2) is 18.4 Å². The average molecular weight is 330 g/mol. The van der Waals surface area contributed by atoms with Gasteiger partial charge in [0.1, 0.15) is 0 Å². The third-order valence-electron chi connectivity index (χ3n) is 2.89. The van der Waals surface area contributed by atoms with E-state index in [0.717, 1.165) is 18.2 Å². The Balaban J connectivity index is 3.14. The molecular formula is C15H16F2O6. The molecule has 0 atom stereocenters. The zero-order valence-electron chi connectivity index (χ0n) is 12.6. The van der Waals surface area contributed by atoms with Crippen molar-refractivity contribution in [2.75, 3.05) is 13.2 Å². The molecule has 0 saturated carbocycles.